The SMILES string of the molecule is CC(C)[C@H]1CC[C@@H](OC[C@H]2[C@@H](N)CCCN2C(=O)C2CNC2)CC1. The highest BCUT2D eigenvalue weighted by molar-refractivity contribution is 5.80. The van der Waals surface area contributed by atoms with Gasteiger partial charge in [0.2, 0.25) is 5.91 Å². The number of nitrogens with zero attached hydrogens (tertiary/aromatic N) is 1. The Hall–Kier alpha value is -0.650. The lowest BCUT2D eigenvalue weighted by Crippen LogP contribution is -2.61. The first kappa shape index (κ1) is 18.2. The van der Waals surface area contributed by atoms with Gasteiger partial charge in [0.15, 0.2) is 0 Å². The van der Waals surface area contributed by atoms with Gasteiger partial charge in [0, 0.05) is 25.7 Å². The van der Waals surface area contributed by atoms with Crippen molar-refractivity contribution in [1.29, 1.82) is 0 Å². The van der Waals surface area contributed by atoms with Crippen LogP contribution in [0.25, 0.3) is 0 Å². The van der Waals surface area contributed by atoms with E-state index in [1.807, 2.05) is 4.90 Å². The van der Waals surface area contributed by atoms with Crippen LogP contribution in [0.5, 0.6) is 0 Å². The zero-order valence-corrected chi connectivity index (χ0v) is 15.4. The molecule has 0 aromatic heterocycles. The molecule has 3 rings (SSSR count). The Kier molecular flexibility index (Phi) is 6.17. The molecule has 138 valence electrons. The van der Waals surface area contributed by atoms with Gasteiger partial charge < -0.3 is 20.7 Å². The maximum atomic E-state index is 12.7. The summed E-state index contributed by atoms with van der Waals surface area (Å²) in [5.41, 5.74) is 6.35. The van der Waals surface area contributed by atoms with Crippen LogP contribution in [-0.2, 0) is 9.53 Å². The molecule has 0 bridgehead atoms. The van der Waals surface area contributed by atoms with Crippen molar-refractivity contribution in [3.8, 4) is 0 Å². The topological polar surface area (TPSA) is 67.6 Å². The molecular formula is C19H35N3O2. The molecule has 0 spiro atoms. The van der Waals surface area contributed by atoms with E-state index in [-0.39, 0.29) is 23.9 Å². The lowest BCUT2D eigenvalue weighted by atomic mass is 9.80. The molecule has 5 heteroatoms. The molecule has 0 radical (unpaired) electrons. The second-order valence-electron chi connectivity index (χ2n) is 8.37. The fraction of sp³-hybridized carbons (Fsp3) is 0.947. The van der Waals surface area contributed by atoms with Gasteiger partial charge in [-0.1, -0.05) is 13.8 Å². The Morgan fingerprint density at radius 2 is 1.92 bits per heavy atom. The van der Waals surface area contributed by atoms with E-state index in [0.29, 0.717) is 12.7 Å². The monoisotopic (exact) mass is 337 g/mol. The third-order valence-electron chi connectivity index (χ3n) is 6.41. The van der Waals surface area contributed by atoms with Crippen LogP contribution in [0.3, 0.4) is 0 Å². The van der Waals surface area contributed by atoms with Crippen LogP contribution in [-0.4, -0.2) is 55.2 Å². The molecule has 0 aromatic rings. The van der Waals surface area contributed by atoms with E-state index < -0.39 is 0 Å². The molecular weight excluding hydrogens is 302 g/mol. The molecule has 2 heterocycles. The minimum atomic E-state index is 0.0581. The first-order valence-electron chi connectivity index (χ1n) is 9.94. The molecule has 1 saturated carbocycles. The van der Waals surface area contributed by atoms with E-state index in [0.717, 1.165) is 57.2 Å². The molecule has 1 aliphatic carbocycles. The maximum Gasteiger partial charge on any atom is 0.228 e. The number of piperidine rings is 1. The van der Waals surface area contributed by atoms with Gasteiger partial charge in [0.25, 0.3) is 0 Å². The Bertz CT molecular complexity index is 417. The summed E-state index contributed by atoms with van der Waals surface area (Å²) in [6.07, 6.45) is 7.24. The summed E-state index contributed by atoms with van der Waals surface area (Å²) in [7, 11) is 0. The van der Waals surface area contributed by atoms with Crippen LogP contribution in [0, 0.1) is 17.8 Å². The normalized spacial score (nSPS) is 35.1. The number of hydrogen-bond acceptors (Lipinski definition) is 4. The van der Waals surface area contributed by atoms with Crippen LogP contribution >= 0.6 is 0 Å². The number of amides is 1. The van der Waals surface area contributed by atoms with Crippen molar-refractivity contribution in [3.63, 3.8) is 0 Å². The average molecular weight is 338 g/mol. The first-order chi connectivity index (χ1) is 11.6. The molecule has 2 atom stereocenters. The molecule has 0 unspecified atom stereocenters. The molecule has 2 saturated heterocycles. The van der Waals surface area contributed by atoms with E-state index in [1.54, 1.807) is 0 Å². The molecule has 5 nitrogen and oxygen atoms in total. The number of rotatable bonds is 5. The minimum Gasteiger partial charge on any atom is -0.376 e. The summed E-state index contributed by atoms with van der Waals surface area (Å²) in [6, 6.07) is 0.123. The van der Waals surface area contributed by atoms with Gasteiger partial charge in [-0.3, -0.25) is 4.79 Å². The largest absolute Gasteiger partial charge is 0.376 e. The summed E-state index contributed by atoms with van der Waals surface area (Å²) >= 11 is 0. The molecule has 3 fully saturated rings. The molecule has 24 heavy (non-hydrogen) atoms. The van der Waals surface area contributed by atoms with Gasteiger partial charge in [-0.15, -0.1) is 0 Å². The second-order valence-corrected chi connectivity index (χ2v) is 8.37. The predicted molar refractivity (Wildman–Crippen MR) is 95.6 cm³/mol. The van der Waals surface area contributed by atoms with Crippen molar-refractivity contribution in [1.82, 2.24) is 10.2 Å². The van der Waals surface area contributed by atoms with Gasteiger partial charge >= 0.3 is 0 Å². The third kappa shape index (κ3) is 4.12. The Balaban J connectivity index is 1.50. The van der Waals surface area contributed by atoms with Crippen LogP contribution in [0.15, 0.2) is 0 Å². The van der Waals surface area contributed by atoms with Gasteiger partial charge in [0.05, 0.1) is 24.7 Å². The van der Waals surface area contributed by atoms with E-state index in [2.05, 4.69) is 19.2 Å². The fourth-order valence-electron chi connectivity index (χ4n) is 4.43. The van der Waals surface area contributed by atoms with Crippen LogP contribution in [0.2, 0.25) is 0 Å². The van der Waals surface area contributed by atoms with Gasteiger partial charge in [-0.05, 0) is 50.4 Å². The van der Waals surface area contributed by atoms with Crippen molar-refractivity contribution in [3.05, 3.63) is 0 Å². The van der Waals surface area contributed by atoms with Crippen molar-refractivity contribution >= 4 is 5.91 Å². The van der Waals surface area contributed by atoms with Crippen LogP contribution in [0.1, 0.15) is 52.4 Å². The van der Waals surface area contributed by atoms with Crippen molar-refractivity contribution < 1.29 is 9.53 Å². The molecule has 2 aliphatic heterocycles. The number of ether oxygens (including phenoxy) is 1. The fourth-order valence-corrected chi connectivity index (χ4v) is 4.43. The highest BCUT2D eigenvalue weighted by Crippen LogP contribution is 2.31. The number of nitrogens with one attached hydrogen (secondary N) is 1. The molecule has 3 N–H and O–H groups in total. The lowest BCUT2D eigenvalue weighted by molar-refractivity contribution is -0.144. The summed E-state index contributed by atoms with van der Waals surface area (Å²) in [4.78, 5) is 14.7. The van der Waals surface area contributed by atoms with Crippen LogP contribution < -0.4 is 11.1 Å². The summed E-state index contributed by atoms with van der Waals surface area (Å²) in [6.45, 7) is 7.74. The number of nitrogens with two attached hydrogens (primary N) is 1. The number of carbonyl (C=O) groups is 1. The van der Waals surface area contributed by atoms with Crippen molar-refractivity contribution in [2.24, 2.45) is 23.5 Å². The number of hydrogen-bond donors (Lipinski definition) is 2. The standard InChI is InChI=1S/C19H35N3O2/c1-13(2)14-5-7-16(8-6-14)24-12-18-17(20)4-3-9-22(18)19(23)15-10-21-11-15/h13-18,21H,3-12,20H2,1-2H3/t14-,16+,17-,18-/m0/s1. The highest BCUT2D eigenvalue weighted by Gasteiger charge is 2.38. The van der Waals surface area contributed by atoms with E-state index in [1.165, 1.54) is 12.8 Å². The average Bonchev–Trinajstić information content (AvgIpc) is 2.52. The van der Waals surface area contributed by atoms with Crippen LogP contribution in [0.4, 0.5) is 0 Å². The molecule has 1 amide bonds. The Labute approximate surface area is 146 Å². The zero-order chi connectivity index (χ0) is 17.1. The van der Waals surface area contributed by atoms with E-state index in [9.17, 15) is 4.79 Å². The highest BCUT2D eigenvalue weighted by atomic mass is 16.5. The molecule has 3 aliphatic rings. The van der Waals surface area contributed by atoms with E-state index in [4.69, 9.17) is 10.5 Å². The van der Waals surface area contributed by atoms with E-state index >= 15 is 0 Å². The summed E-state index contributed by atoms with van der Waals surface area (Å²) in [5, 5.41) is 3.19. The number of likely N-dealkylation sites (tertiary alicyclic amines) is 1. The quantitative estimate of drug-likeness (QED) is 0.802. The predicted octanol–water partition coefficient (Wildman–Crippen LogP) is 1.76. The van der Waals surface area contributed by atoms with Crippen molar-refractivity contribution in [2.45, 2.75) is 70.6 Å². The smallest absolute Gasteiger partial charge is 0.228 e. The Morgan fingerprint density at radius 1 is 1.21 bits per heavy atom. The minimum absolute atomic E-state index is 0.0581. The first-order valence-corrected chi connectivity index (χ1v) is 9.94. The Morgan fingerprint density at radius 3 is 2.50 bits per heavy atom. The van der Waals surface area contributed by atoms with Crippen molar-refractivity contribution in [2.75, 3.05) is 26.2 Å². The number of carbonyl (C=O) groups excluding carboxylic acids is 1. The van der Waals surface area contributed by atoms with Gasteiger partial charge in [0.1, 0.15) is 0 Å². The van der Waals surface area contributed by atoms with Gasteiger partial charge in [-0.2, -0.15) is 0 Å². The maximum absolute atomic E-state index is 12.7. The third-order valence-corrected chi connectivity index (χ3v) is 6.41. The zero-order valence-electron chi connectivity index (χ0n) is 15.4. The summed E-state index contributed by atoms with van der Waals surface area (Å²) < 4.78 is 6.24. The van der Waals surface area contributed by atoms with Gasteiger partial charge in [-0.25, -0.2) is 0 Å². The second kappa shape index (κ2) is 8.15. The lowest BCUT2D eigenvalue weighted by Gasteiger charge is -2.43. The summed E-state index contributed by atoms with van der Waals surface area (Å²) in [5.74, 6) is 2.06. The molecule has 0 aromatic carbocycles.